The van der Waals surface area contributed by atoms with Gasteiger partial charge < -0.3 is 14.2 Å². The minimum atomic E-state index is -3.71. The van der Waals surface area contributed by atoms with Crippen molar-refractivity contribution in [1.29, 1.82) is 0 Å². The number of hydrogen-bond donors (Lipinski definition) is 1. The number of carbonyl (C=O) groups is 1. The number of nitrogens with zero attached hydrogens (tertiary/aromatic N) is 2. The lowest BCUT2D eigenvalue weighted by Crippen LogP contribution is -2.46. The zero-order chi connectivity index (χ0) is 29.2. The molecule has 1 N–H and O–H groups in total. The van der Waals surface area contributed by atoms with Crippen molar-refractivity contribution in [2.45, 2.75) is 87.3 Å². The molecule has 2 unspecified atom stereocenters. The SMILES string of the molecule is O=C(NS(=O)(=O)C1CC1)c1ccc(N2C3CCC2CC(OCc2c(-c4c(Cl)cccc4Cl)noc2C2CC2)C3)c(F)c1. The van der Waals surface area contributed by atoms with E-state index in [1.165, 1.54) is 6.07 Å². The van der Waals surface area contributed by atoms with Gasteiger partial charge in [0.05, 0.1) is 33.7 Å². The Hall–Kier alpha value is -2.66. The zero-order valence-corrected chi connectivity index (χ0v) is 25.0. The Morgan fingerprint density at radius 2 is 1.74 bits per heavy atom. The number of piperidine rings is 1. The van der Waals surface area contributed by atoms with Crippen molar-refractivity contribution in [2.24, 2.45) is 0 Å². The average molecular weight is 635 g/mol. The molecule has 0 radical (unpaired) electrons. The van der Waals surface area contributed by atoms with Gasteiger partial charge in [-0.15, -0.1) is 0 Å². The molecule has 3 heterocycles. The quantitative estimate of drug-likeness (QED) is 0.283. The average Bonchev–Trinajstić information content (AvgIpc) is 3.88. The lowest BCUT2D eigenvalue weighted by atomic mass is 9.98. The van der Waals surface area contributed by atoms with Crippen molar-refractivity contribution in [1.82, 2.24) is 9.88 Å². The van der Waals surface area contributed by atoms with Crippen molar-refractivity contribution >= 4 is 44.8 Å². The van der Waals surface area contributed by atoms with Crippen molar-refractivity contribution in [2.75, 3.05) is 4.90 Å². The summed E-state index contributed by atoms with van der Waals surface area (Å²) < 4.78 is 54.0. The smallest absolute Gasteiger partial charge is 0.264 e. The molecular weight excluding hydrogens is 604 g/mol. The van der Waals surface area contributed by atoms with E-state index in [1.807, 2.05) is 0 Å². The molecule has 1 aromatic heterocycles. The molecule has 4 aliphatic rings. The molecule has 0 spiro atoms. The van der Waals surface area contributed by atoms with E-state index in [2.05, 4.69) is 14.8 Å². The first-order valence-corrected chi connectivity index (χ1v) is 16.7. The fourth-order valence-corrected chi connectivity index (χ4v) is 8.29. The van der Waals surface area contributed by atoms with Gasteiger partial charge in [-0.05, 0) is 81.7 Å². The summed E-state index contributed by atoms with van der Waals surface area (Å²) in [4.78, 5) is 14.6. The van der Waals surface area contributed by atoms with Gasteiger partial charge in [0.1, 0.15) is 17.3 Å². The molecule has 3 aromatic rings. The van der Waals surface area contributed by atoms with Gasteiger partial charge in [0.15, 0.2) is 0 Å². The number of ether oxygens (including phenoxy) is 1. The molecule has 7 rings (SSSR count). The molecule has 8 nitrogen and oxygen atoms in total. The summed E-state index contributed by atoms with van der Waals surface area (Å²) in [5.41, 5.74) is 2.55. The maximum Gasteiger partial charge on any atom is 0.264 e. The normalized spacial score (nSPS) is 23.8. The van der Waals surface area contributed by atoms with Gasteiger partial charge in [0, 0.05) is 34.7 Å². The first kappa shape index (κ1) is 28.1. The van der Waals surface area contributed by atoms with Crippen molar-refractivity contribution in [3.05, 3.63) is 69.1 Å². The predicted octanol–water partition coefficient (Wildman–Crippen LogP) is 6.60. The Bertz CT molecular complexity index is 1620. The molecule has 12 heteroatoms. The van der Waals surface area contributed by atoms with Crippen molar-refractivity contribution in [3.8, 4) is 11.3 Å². The first-order chi connectivity index (χ1) is 20.2. The molecular formula is C30H30Cl2FN3O5S. The molecule has 42 heavy (non-hydrogen) atoms. The number of amides is 1. The first-order valence-electron chi connectivity index (χ1n) is 14.4. The number of hydrogen-bond acceptors (Lipinski definition) is 7. The van der Waals surface area contributed by atoms with Crippen molar-refractivity contribution in [3.63, 3.8) is 0 Å². The molecule has 2 aliphatic carbocycles. The second-order valence-electron chi connectivity index (χ2n) is 11.8. The summed E-state index contributed by atoms with van der Waals surface area (Å²) in [5.74, 6) is -0.190. The molecule has 2 saturated heterocycles. The summed E-state index contributed by atoms with van der Waals surface area (Å²) in [6.45, 7) is 0.318. The second kappa shape index (κ2) is 10.8. The Morgan fingerprint density at radius 3 is 2.36 bits per heavy atom. The number of halogens is 3. The fraction of sp³-hybridized carbons (Fsp3) is 0.467. The Balaban J connectivity index is 1.05. The number of nitrogens with one attached hydrogen (secondary N) is 1. The fourth-order valence-electron chi connectivity index (χ4n) is 6.41. The summed E-state index contributed by atoms with van der Waals surface area (Å²) in [5, 5.41) is 4.82. The molecule has 2 saturated carbocycles. The highest BCUT2D eigenvalue weighted by Gasteiger charge is 2.43. The topological polar surface area (TPSA) is 102 Å². The third-order valence-electron chi connectivity index (χ3n) is 8.81. The number of anilines is 1. The number of benzene rings is 2. The highest BCUT2D eigenvalue weighted by molar-refractivity contribution is 7.91. The predicted molar refractivity (Wildman–Crippen MR) is 157 cm³/mol. The van der Waals surface area contributed by atoms with Crippen LogP contribution in [0, 0.1) is 5.82 Å². The number of rotatable bonds is 9. The second-order valence-corrected chi connectivity index (χ2v) is 14.6. The third-order valence-corrected chi connectivity index (χ3v) is 11.3. The molecule has 4 fully saturated rings. The summed E-state index contributed by atoms with van der Waals surface area (Å²) in [7, 11) is -3.71. The van der Waals surface area contributed by atoms with Crippen LogP contribution in [-0.2, 0) is 21.4 Å². The lowest BCUT2D eigenvalue weighted by Gasteiger charge is -2.40. The third kappa shape index (κ3) is 5.31. The van der Waals surface area contributed by atoms with Gasteiger partial charge in [-0.25, -0.2) is 17.5 Å². The maximum absolute atomic E-state index is 15.4. The van der Waals surface area contributed by atoms with Crippen LogP contribution in [0.4, 0.5) is 10.1 Å². The van der Waals surface area contributed by atoms with Gasteiger partial charge in [0.25, 0.3) is 5.91 Å². The number of fused-ring (bicyclic) bond motifs is 2. The van der Waals surface area contributed by atoms with Crippen LogP contribution in [-0.4, -0.2) is 42.9 Å². The largest absolute Gasteiger partial charge is 0.373 e. The van der Waals surface area contributed by atoms with Crippen LogP contribution < -0.4 is 9.62 Å². The van der Waals surface area contributed by atoms with Gasteiger partial charge in [0.2, 0.25) is 10.0 Å². The highest BCUT2D eigenvalue weighted by atomic mass is 35.5. The van der Waals surface area contributed by atoms with Crippen molar-refractivity contribution < 1.29 is 26.9 Å². The molecule has 1 amide bonds. The van der Waals surface area contributed by atoms with Gasteiger partial charge >= 0.3 is 0 Å². The Labute approximate surface area is 253 Å². The van der Waals surface area contributed by atoms with Crippen LogP contribution in [0.5, 0.6) is 0 Å². The van der Waals surface area contributed by atoms with E-state index >= 15 is 4.39 Å². The van der Waals surface area contributed by atoms with Crippen LogP contribution in [0.1, 0.15) is 79.0 Å². The minimum Gasteiger partial charge on any atom is -0.373 e. The standard InChI is InChI=1S/C30H30Cl2FN3O5S/c31-23-2-1-3-24(32)27(23)28-22(29(41-34-28)16-4-5-16)15-40-20-13-18-7-8-19(14-20)36(18)26-11-6-17(12-25(26)33)30(37)35-42(38,39)21-9-10-21/h1-3,6,11-12,16,18-21H,4-5,7-10,13-15H2,(H,35,37). The minimum absolute atomic E-state index is 0.0133. The van der Waals surface area contributed by atoms with Crippen LogP contribution in [0.2, 0.25) is 10.0 Å². The lowest BCUT2D eigenvalue weighted by molar-refractivity contribution is 0.0146. The van der Waals surface area contributed by atoms with Crippen LogP contribution in [0.25, 0.3) is 11.3 Å². The monoisotopic (exact) mass is 633 g/mol. The van der Waals surface area contributed by atoms with Gasteiger partial charge in [-0.2, -0.15) is 0 Å². The summed E-state index contributed by atoms with van der Waals surface area (Å²) in [6.07, 6.45) is 6.40. The van der Waals surface area contributed by atoms with E-state index in [0.717, 1.165) is 55.9 Å². The summed E-state index contributed by atoms with van der Waals surface area (Å²) in [6, 6.07) is 9.72. The molecule has 2 bridgehead atoms. The molecule has 2 atom stereocenters. The van der Waals surface area contributed by atoms with E-state index < -0.39 is 27.0 Å². The van der Waals surface area contributed by atoms with Gasteiger partial charge in [-0.1, -0.05) is 34.4 Å². The van der Waals surface area contributed by atoms with Crippen LogP contribution in [0.15, 0.2) is 40.9 Å². The van der Waals surface area contributed by atoms with E-state index in [0.29, 0.717) is 52.4 Å². The molecule has 222 valence electrons. The Morgan fingerprint density at radius 1 is 1.05 bits per heavy atom. The van der Waals surface area contributed by atoms with E-state index in [1.54, 1.807) is 24.3 Å². The Kier molecular flexibility index (Phi) is 7.24. The van der Waals surface area contributed by atoms with E-state index in [4.69, 9.17) is 32.5 Å². The maximum atomic E-state index is 15.4. The van der Waals surface area contributed by atoms with E-state index in [-0.39, 0.29) is 23.8 Å². The number of sulfonamides is 1. The summed E-state index contributed by atoms with van der Waals surface area (Å²) >= 11 is 13.0. The number of aromatic nitrogens is 1. The number of carbonyl (C=O) groups excluding carboxylic acids is 1. The highest BCUT2D eigenvalue weighted by Crippen LogP contribution is 2.47. The van der Waals surface area contributed by atoms with Crippen LogP contribution >= 0.6 is 23.2 Å². The van der Waals surface area contributed by atoms with E-state index in [9.17, 15) is 13.2 Å². The molecule has 2 aliphatic heterocycles. The molecule has 2 aromatic carbocycles. The van der Waals surface area contributed by atoms with Gasteiger partial charge in [-0.3, -0.25) is 4.79 Å². The van der Waals surface area contributed by atoms with Crippen LogP contribution in [0.3, 0.4) is 0 Å². The zero-order valence-electron chi connectivity index (χ0n) is 22.7.